The average Bonchev–Trinajstić information content (AvgIpc) is 2.58. The molecule has 0 amide bonds. The summed E-state index contributed by atoms with van der Waals surface area (Å²) >= 11 is 0. The number of hydrogen-bond acceptors (Lipinski definition) is 4. The summed E-state index contributed by atoms with van der Waals surface area (Å²) in [6.07, 6.45) is 12.7. The van der Waals surface area contributed by atoms with Crippen LogP contribution in [0, 0.1) is 5.92 Å². The predicted octanol–water partition coefficient (Wildman–Crippen LogP) is 5.53. The zero-order valence-corrected chi connectivity index (χ0v) is 17.0. The minimum Gasteiger partial charge on any atom is -0.466 e. The Kier molecular flexibility index (Phi) is 19.2. The molecule has 0 radical (unpaired) electrons. The zero-order chi connectivity index (χ0) is 18.6. The number of esters is 1. The van der Waals surface area contributed by atoms with Crippen LogP contribution in [0.5, 0.6) is 0 Å². The van der Waals surface area contributed by atoms with Gasteiger partial charge in [0.25, 0.3) is 0 Å². The van der Waals surface area contributed by atoms with Crippen molar-refractivity contribution >= 4 is 5.97 Å². The van der Waals surface area contributed by atoms with Gasteiger partial charge in [0.15, 0.2) is 0 Å². The first kappa shape index (κ1) is 24.4. The Labute approximate surface area is 156 Å². The van der Waals surface area contributed by atoms with Crippen LogP contribution in [0.2, 0.25) is 0 Å². The zero-order valence-electron chi connectivity index (χ0n) is 17.0. The van der Waals surface area contributed by atoms with Crippen LogP contribution in [0.15, 0.2) is 0 Å². The third kappa shape index (κ3) is 21.3. The summed E-state index contributed by atoms with van der Waals surface area (Å²) in [5.41, 5.74) is 0. The van der Waals surface area contributed by atoms with Gasteiger partial charge in [-0.2, -0.15) is 0 Å². The summed E-state index contributed by atoms with van der Waals surface area (Å²) in [5, 5.41) is 0. The van der Waals surface area contributed by atoms with Gasteiger partial charge >= 0.3 is 5.97 Å². The van der Waals surface area contributed by atoms with E-state index in [9.17, 15) is 4.79 Å². The quantitative estimate of drug-likeness (QED) is 0.225. The van der Waals surface area contributed by atoms with Gasteiger partial charge < -0.3 is 14.2 Å². The highest BCUT2D eigenvalue weighted by molar-refractivity contribution is 5.69. The molecule has 0 heterocycles. The van der Waals surface area contributed by atoms with E-state index in [4.69, 9.17) is 14.2 Å². The third-order valence-electron chi connectivity index (χ3n) is 4.14. The molecular formula is C21H42O4. The molecule has 0 aromatic rings. The molecule has 0 saturated carbocycles. The first-order valence-electron chi connectivity index (χ1n) is 10.5. The molecular weight excluding hydrogens is 316 g/mol. The normalized spacial score (nSPS) is 11.2. The Balaban J connectivity index is 3.10. The van der Waals surface area contributed by atoms with E-state index in [1.165, 1.54) is 44.9 Å². The SMILES string of the molecule is CCCCCCCCCCOCCOCCCC(=O)OCCC(C)C. The van der Waals surface area contributed by atoms with E-state index in [0.29, 0.717) is 38.8 Å². The molecule has 4 nitrogen and oxygen atoms in total. The van der Waals surface area contributed by atoms with E-state index < -0.39 is 0 Å². The van der Waals surface area contributed by atoms with Gasteiger partial charge in [0, 0.05) is 19.6 Å². The molecule has 0 rings (SSSR count). The summed E-state index contributed by atoms with van der Waals surface area (Å²) < 4.78 is 16.2. The van der Waals surface area contributed by atoms with Crippen LogP contribution in [-0.4, -0.2) is 39.0 Å². The highest BCUT2D eigenvalue weighted by Crippen LogP contribution is 2.08. The van der Waals surface area contributed by atoms with Gasteiger partial charge in [0.05, 0.1) is 19.8 Å². The van der Waals surface area contributed by atoms with Gasteiger partial charge in [-0.15, -0.1) is 0 Å². The fraction of sp³-hybridized carbons (Fsp3) is 0.952. The Morgan fingerprint density at radius 2 is 1.28 bits per heavy atom. The monoisotopic (exact) mass is 358 g/mol. The molecule has 25 heavy (non-hydrogen) atoms. The van der Waals surface area contributed by atoms with E-state index >= 15 is 0 Å². The summed E-state index contributed by atoms with van der Waals surface area (Å²) in [4.78, 5) is 11.5. The Morgan fingerprint density at radius 3 is 1.88 bits per heavy atom. The van der Waals surface area contributed by atoms with E-state index in [0.717, 1.165) is 25.9 Å². The van der Waals surface area contributed by atoms with Crippen LogP contribution < -0.4 is 0 Å². The van der Waals surface area contributed by atoms with Crippen LogP contribution >= 0.6 is 0 Å². The lowest BCUT2D eigenvalue weighted by atomic mass is 10.1. The van der Waals surface area contributed by atoms with Crippen molar-refractivity contribution in [1.29, 1.82) is 0 Å². The number of carbonyl (C=O) groups excluding carboxylic acids is 1. The fourth-order valence-electron chi connectivity index (χ4n) is 2.46. The van der Waals surface area contributed by atoms with Crippen molar-refractivity contribution in [2.24, 2.45) is 5.92 Å². The van der Waals surface area contributed by atoms with Crippen molar-refractivity contribution in [3.63, 3.8) is 0 Å². The third-order valence-corrected chi connectivity index (χ3v) is 4.14. The Hall–Kier alpha value is -0.610. The van der Waals surface area contributed by atoms with Crippen LogP contribution in [0.25, 0.3) is 0 Å². The average molecular weight is 359 g/mol. The molecule has 0 saturated heterocycles. The molecule has 0 aliphatic rings. The molecule has 150 valence electrons. The number of ether oxygens (including phenoxy) is 3. The summed E-state index contributed by atoms with van der Waals surface area (Å²) in [6.45, 7) is 9.72. The molecule has 0 fully saturated rings. The lowest BCUT2D eigenvalue weighted by molar-refractivity contribution is -0.144. The predicted molar refractivity (Wildman–Crippen MR) is 104 cm³/mol. The van der Waals surface area contributed by atoms with E-state index in [2.05, 4.69) is 20.8 Å². The standard InChI is InChI=1S/C21H42O4/c1-4-5-6-7-8-9-10-11-15-23-18-19-24-16-12-13-21(22)25-17-14-20(2)3/h20H,4-19H2,1-3H3. The molecule has 0 atom stereocenters. The van der Waals surface area contributed by atoms with Crippen molar-refractivity contribution < 1.29 is 19.0 Å². The molecule has 0 aromatic carbocycles. The summed E-state index contributed by atoms with van der Waals surface area (Å²) in [5.74, 6) is 0.456. The lowest BCUT2D eigenvalue weighted by Crippen LogP contribution is -2.10. The van der Waals surface area contributed by atoms with Crippen molar-refractivity contribution in [3.8, 4) is 0 Å². The second kappa shape index (κ2) is 19.7. The van der Waals surface area contributed by atoms with Crippen LogP contribution in [0.3, 0.4) is 0 Å². The van der Waals surface area contributed by atoms with E-state index in [-0.39, 0.29) is 5.97 Å². The molecule has 0 unspecified atom stereocenters. The molecule has 0 aliphatic carbocycles. The highest BCUT2D eigenvalue weighted by Gasteiger charge is 2.03. The maximum Gasteiger partial charge on any atom is 0.305 e. The molecule has 0 aliphatic heterocycles. The summed E-state index contributed by atoms with van der Waals surface area (Å²) in [6, 6.07) is 0. The van der Waals surface area contributed by atoms with Gasteiger partial charge in [-0.3, -0.25) is 4.79 Å². The second-order valence-corrected chi connectivity index (χ2v) is 7.21. The number of carbonyl (C=O) groups is 1. The number of hydrogen-bond donors (Lipinski definition) is 0. The van der Waals surface area contributed by atoms with Crippen molar-refractivity contribution in [3.05, 3.63) is 0 Å². The van der Waals surface area contributed by atoms with Crippen LogP contribution in [0.4, 0.5) is 0 Å². The minimum absolute atomic E-state index is 0.116. The molecule has 0 N–H and O–H groups in total. The molecule has 4 heteroatoms. The fourth-order valence-corrected chi connectivity index (χ4v) is 2.46. The van der Waals surface area contributed by atoms with Gasteiger partial charge in [0.1, 0.15) is 0 Å². The van der Waals surface area contributed by atoms with Gasteiger partial charge in [-0.05, 0) is 25.2 Å². The smallest absolute Gasteiger partial charge is 0.305 e. The Bertz CT molecular complexity index is 279. The van der Waals surface area contributed by atoms with Gasteiger partial charge in [-0.1, -0.05) is 65.7 Å². The maximum absolute atomic E-state index is 11.5. The molecule has 0 spiro atoms. The minimum atomic E-state index is -0.116. The van der Waals surface area contributed by atoms with E-state index in [1.807, 2.05) is 0 Å². The van der Waals surface area contributed by atoms with Crippen LogP contribution in [-0.2, 0) is 19.0 Å². The first-order valence-corrected chi connectivity index (χ1v) is 10.5. The van der Waals surface area contributed by atoms with Gasteiger partial charge in [0.2, 0.25) is 0 Å². The van der Waals surface area contributed by atoms with Crippen molar-refractivity contribution in [1.82, 2.24) is 0 Å². The lowest BCUT2D eigenvalue weighted by Gasteiger charge is -2.07. The van der Waals surface area contributed by atoms with Crippen molar-refractivity contribution in [2.75, 3.05) is 33.0 Å². The van der Waals surface area contributed by atoms with E-state index in [1.54, 1.807) is 0 Å². The highest BCUT2D eigenvalue weighted by atomic mass is 16.5. The largest absolute Gasteiger partial charge is 0.466 e. The first-order chi connectivity index (χ1) is 12.2. The van der Waals surface area contributed by atoms with Crippen LogP contribution in [0.1, 0.15) is 91.4 Å². The number of rotatable bonds is 19. The molecule has 0 aromatic heterocycles. The van der Waals surface area contributed by atoms with Crippen molar-refractivity contribution in [2.45, 2.75) is 91.4 Å². The maximum atomic E-state index is 11.5. The summed E-state index contributed by atoms with van der Waals surface area (Å²) in [7, 11) is 0. The Morgan fingerprint density at radius 1 is 0.720 bits per heavy atom. The molecule has 0 bridgehead atoms. The van der Waals surface area contributed by atoms with Gasteiger partial charge in [-0.25, -0.2) is 0 Å². The second-order valence-electron chi connectivity index (χ2n) is 7.21. The topological polar surface area (TPSA) is 44.8 Å². The number of unbranched alkanes of at least 4 members (excludes halogenated alkanes) is 7.